The number of nitrogens with zero attached hydrogens (tertiary/aromatic N) is 2. The Balaban J connectivity index is 1.27. The van der Waals surface area contributed by atoms with Crippen LogP contribution in [0.2, 0.25) is 0 Å². The Morgan fingerprint density at radius 3 is 2.35 bits per heavy atom. The molecule has 2 aliphatic carbocycles. The summed E-state index contributed by atoms with van der Waals surface area (Å²) >= 11 is 0. The molecule has 5 rings (SSSR count). The molecule has 2 heterocycles. The lowest BCUT2D eigenvalue weighted by Gasteiger charge is -2.46. The van der Waals surface area contributed by atoms with Crippen LogP contribution in [0.25, 0.3) is 0 Å². The number of ether oxygens (including phenoxy) is 1. The molecule has 3 atom stereocenters. The summed E-state index contributed by atoms with van der Waals surface area (Å²) in [5.74, 6) is -0.660. The van der Waals surface area contributed by atoms with Gasteiger partial charge in [0.05, 0.1) is 17.8 Å². The van der Waals surface area contributed by atoms with Gasteiger partial charge >= 0.3 is 6.09 Å². The lowest BCUT2D eigenvalue weighted by atomic mass is 9.71. The van der Waals surface area contributed by atoms with Crippen molar-refractivity contribution >= 4 is 27.9 Å². The number of carbonyl (C=O) groups excluding carboxylic acids is 3. The van der Waals surface area contributed by atoms with E-state index in [-0.39, 0.29) is 35.4 Å². The van der Waals surface area contributed by atoms with Crippen molar-refractivity contribution in [3.8, 4) is 0 Å². The second-order valence-corrected chi connectivity index (χ2v) is 17.8. The zero-order valence-corrected chi connectivity index (χ0v) is 29.4. The van der Waals surface area contributed by atoms with Gasteiger partial charge in [0.25, 0.3) is 0 Å². The molecule has 10 nitrogen and oxygen atoms in total. The van der Waals surface area contributed by atoms with Gasteiger partial charge in [-0.25, -0.2) is 17.5 Å². The topological polar surface area (TPSA) is 125 Å². The standard InChI is InChI=1S/C35H54N4O6S/c1-25-14-17-35(33(25,5)6,24-46(43,44)39-21-18-34(19-22-39)16-15-26-11-7-8-12-27(26)34)37-29(40)23-38-20-10-9-13-28(30(38)41)36-31(42)45-32(2,3)4/h7-8,11-12,25,28H,9-10,13-24H2,1-6H3,(H,36,42)(H,37,40). The summed E-state index contributed by atoms with van der Waals surface area (Å²) in [6.07, 6.45) is 6.29. The van der Waals surface area contributed by atoms with Gasteiger partial charge < -0.3 is 20.3 Å². The number of hydrogen-bond donors (Lipinski definition) is 2. The van der Waals surface area contributed by atoms with E-state index < -0.39 is 38.7 Å². The van der Waals surface area contributed by atoms with Crippen molar-refractivity contribution < 1.29 is 27.5 Å². The highest BCUT2D eigenvalue weighted by molar-refractivity contribution is 7.89. The molecule has 3 amide bonds. The maximum Gasteiger partial charge on any atom is 0.408 e. The minimum Gasteiger partial charge on any atom is -0.444 e. The first-order chi connectivity index (χ1) is 21.5. The molecule has 0 bridgehead atoms. The molecule has 2 saturated heterocycles. The van der Waals surface area contributed by atoms with Gasteiger partial charge in [-0.05, 0) is 106 Å². The third-order valence-electron chi connectivity index (χ3n) is 11.6. The third kappa shape index (κ3) is 6.96. The van der Waals surface area contributed by atoms with Crippen LogP contribution in [-0.4, -0.2) is 84.6 Å². The van der Waals surface area contributed by atoms with Gasteiger partial charge in [0.2, 0.25) is 21.8 Å². The van der Waals surface area contributed by atoms with E-state index >= 15 is 0 Å². The van der Waals surface area contributed by atoms with E-state index in [1.54, 1.807) is 25.1 Å². The highest BCUT2D eigenvalue weighted by Gasteiger charge is 2.57. The maximum absolute atomic E-state index is 14.2. The van der Waals surface area contributed by atoms with Crippen molar-refractivity contribution in [2.24, 2.45) is 11.3 Å². The predicted molar refractivity (Wildman–Crippen MR) is 178 cm³/mol. The second kappa shape index (κ2) is 12.7. The van der Waals surface area contributed by atoms with E-state index in [1.165, 1.54) is 16.0 Å². The number of rotatable bonds is 7. The van der Waals surface area contributed by atoms with Crippen LogP contribution in [0.1, 0.15) is 104 Å². The monoisotopic (exact) mass is 658 g/mol. The van der Waals surface area contributed by atoms with Crippen LogP contribution < -0.4 is 10.6 Å². The summed E-state index contributed by atoms with van der Waals surface area (Å²) in [5, 5.41) is 5.88. The van der Waals surface area contributed by atoms with Crippen LogP contribution >= 0.6 is 0 Å². The summed E-state index contributed by atoms with van der Waals surface area (Å²) < 4.78 is 35.3. The molecule has 46 heavy (non-hydrogen) atoms. The number of likely N-dealkylation sites (tertiary alicyclic amines) is 1. The Hall–Kier alpha value is -2.66. The van der Waals surface area contributed by atoms with Gasteiger partial charge in [0.1, 0.15) is 11.6 Å². The molecule has 11 heteroatoms. The Kier molecular flexibility index (Phi) is 9.61. The number of piperidine rings is 1. The number of carbonyl (C=O) groups is 3. The Morgan fingerprint density at radius 1 is 1.00 bits per heavy atom. The van der Waals surface area contributed by atoms with E-state index in [2.05, 4.69) is 55.7 Å². The summed E-state index contributed by atoms with van der Waals surface area (Å²) in [6.45, 7) is 12.7. The molecule has 2 aliphatic heterocycles. The average molecular weight is 659 g/mol. The molecular formula is C35H54N4O6S. The molecule has 2 N–H and O–H groups in total. The first-order valence-electron chi connectivity index (χ1n) is 17.1. The molecule has 1 saturated carbocycles. The molecule has 1 spiro atoms. The molecule has 3 fully saturated rings. The number of amides is 3. The molecule has 4 aliphatic rings. The zero-order chi connectivity index (χ0) is 33.5. The van der Waals surface area contributed by atoms with Gasteiger partial charge in [-0.15, -0.1) is 0 Å². The molecule has 3 unspecified atom stereocenters. The lowest BCUT2D eigenvalue weighted by molar-refractivity contribution is -0.138. The fourth-order valence-corrected chi connectivity index (χ4v) is 10.5. The first-order valence-corrected chi connectivity index (χ1v) is 18.7. The Labute approximate surface area is 275 Å². The van der Waals surface area contributed by atoms with Crippen molar-refractivity contribution in [2.75, 3.05) is 31.9 Å². The largest absolute Gasteiger partial charge is 0.444 e. The van der Waals surface area contributed by atoms with Crippen molar-refractivity contribution in [3.05, 3.63) is 35.4 Å². The summed E-state index contributed by atoms with van der Waals surface area (Å²) in [4.78, 5) is 41.2. The van der Waals surface area contributed by atoms with Crippen molar-refractivity contribution in [3.63, 3.8) is 0 Å². The number of aryl methyl sites for hydroxylation is 1. The second-order valence-electron chi connectivity index (χ2n) is 15.8. The number of benzene rings is 1. The van der Waals surface area contributed by atoms with Crippen LogP contribution in [-0.2, 0) is 36.2 Å². The van der Waals surface area contributed by atoms with Crippen LogP contribution in [0.15, 0.2) is 24.3 Å². The summed E-state index contributed by atoms with van der Waals surface area (Å²) in [7, 11) is -3.70. The Bertz CT molecular complexity index is 1430. The molecule has 1 aromatic rings. The van der Waals surface area contributed by atoms with Crippen LogP contribution in [0.5, 0.6) is 0 Å². The summed E-state index contributed by atoms with van der Waals surface area (Å²) in [5.41, 5.74) is 0.659. The SMILES string of the molecule is CC1CCC(CS(=O)(=O)N2CCC3(CCc4ccccc43)CC2)(NC(=O)CN2CCCCC(NC(=O)OC(C)(C)C)C2=O)C1(C)C. The van der Waals surface area contributed by atoms with Crippen LogP contribution in [0.3, 0.4) is 0 Å². The van der Waals surface area contributed by atoms with Crippen molar-refractivity contribution in [1.82, 2.24) is 19.8 Å². The first kappa shape index (κ1) is 34.7. The average Bonchev–Trinajstić information content (AvgIpc) is 3.35. The molecule has 1 aromatic carbocycles. The highest BCUT2D eigenvalue weighted by Crippen LogP contribution is 2.51. The van der Waals surface area contributed by atoms with E-state index in [1.807, 2.05) is 0 Å². The molecule has 256 valence electrons. The third-order valence-corrected chi connectivity index (χ3v) is 13.6. The van der Waals surface area contributed by atoms with Gasteiger partial charge in [-0.1, -0.05) is 45.0 Å². The van der Waals surface area contributed by atoms with Gasteiger partial charge in [0.15, 0.2) is 0 Å². The van der Waals surface area contributed by atoms with Gasteiger partial charge in [-0.2, -0.15) is 0 Å². The van der Waals surface area contributed by atoms with E-state index in [0.717, 1.165) is 38.5 Å². The number of hydrogen-bond acceptors (Lipinski definition) is 6. The predicted octanol–water partition coefficient (Wildman–Crippen LogP) is 4.51. The van der Waals surface area contributed by atoms with E-state index in [9.17, 15) is 22.8 Å². The summed E-state index contributed by atoms with van der Waals surface area (Å²) in [6, 6.07) is 7.79. The van der Waals surface area contributed by atoms with Crippen LogP contribution in [0.4, 0.5) is 4.79 Å². The fourth-order valence-electron chi connectivity index (χ4n) is 8.34. The fraction of sp³-hybridized carbons (Fsp3) is 0.743. The quantitative estimate of drug-likeness (QED) is 0.444. The number of nitrogens with one attached hydrogen (secondary N) is 2. The Morgan fingerprint density at radius 2 is 1.70 bits per heavy atom. The number of alkyl carbamates (subject to hydrolysis) is 1. The highest BCUT2D eigenvalue weighted by atomic mass is 32.2. The zero-order valence-electron chi connectivity index (χ0n) is 28.6. The normalized spacial score (nSPS) is 28.0. The van der Waals surface area contributed by atoms with Crippen molar-refractivity contribution in [1.29, 1.82) is 0 Å². The minimum absolute atomic E-state index is 0.0472. The number of sulfonamides is 1. The molecular weight excluding hydrogens is 604 g/mol. The maximum atomic E-state index is 14.2. The van der Waals surface area contributed by atoms with Crippen LogP contribution in [0, 0.1) is 11.3 Å². The van der Waals surface area contributed by atoms with Gasteiger partial charge in [0, 0.05) is 19.6 Å². The van der Waals surface area contributed by atoms with Crippen molar-refractivity contribution in [2.45, 2.75) is 122 Å². The van der Waals surface area contributed by atoms with Gasteiger partial charge in [-0.3, -0.25) is 9.59 Å². The molecule has 0 aromatic heterocycles. The smallest absolute Gasteiger partial charge is 0.408 e. The molecule has 0 radical (unpaired) electrons. The van der Waals surface area contributed by atoms with E-state index in [4.69, 9.17) is 4.74 Å². The van der Waals surface area contributed by atoms with E-state index in [0.29, 0.717) is 38.9 Å². The number of fused-ring (bicyclic) bond motifs is 2. The minimum atomic E-state index is -3.70. The lowest BCUT2D eigenvalue weighted by Crippen LogP contribution is -2.63.